The molecule has 2 aromatic rings. The number of nitrogens with one attached hydrogen (secondary N) is 1. The first-order valence-electron chi connectivity index (χ1n) is 8.41. The van der Waals surface area contributed by atoms with Crippen molar-refractivity contribution in [3.8, 4) is 0 Å². The van der Waals surface area contributed by atoms with E-state index in [9.17, 15) is 4.79 Å². The summed E-state index contributed by atoms with van der Waals surface area (Å²) in [7, 11) is 0. The van der Waals surface area contributed by atoms with E-state index in [1.807, 2.05) is 37.3 Å². The van der Waals surface area contributed by atoms with Gasteiger partial charge < -0.3 is 15.1 Å². The van der Waals surface area contributed by atoms with Crippen LogP contribution in [0.1, 0.15) is 24.6 Å². The van der Waals surface area contributed by atoms with Gasteiger partial charge in [-0.15, -0.1) is 11.3 Å². The van der Waals surface area contributed by atoms with Gasteiger partial charge in [-0.3, -0.25) is 0 Å². The predicted molar refractivity (Wildman–Crippen MR) is 107 cm³/mol. The minimum atomic E-state index is -0.142. The van der Waals surface area contributed by atoms with Crippen molar-refractivity contribution < 1.29 is 4.79 Å². The maximum atomic E-state index is 12.5. The second-order valence-electron chi connectivity index (χ2n) is 6.01. The summed E-state index contributed by atoms with van der Waals surface area (Å²) in [5.41, 5.74) is 1.75. The van der Waals surface area contributed by atoms with E-state index in [4.69, 9.17) is 23.2 Å². The van der Waals surface area contributed by atoms with Crippen LogP contribution < -0.4 is 10.2 Å². The Morgan fingerprint density at radius 1 is 1.24 bits per heavy atom. The highest BCUT2D eigenvalue weighted by molar-refractivity contribution is 7.16. The number of hydrogen-bond acceptors (Lipinski definition) is 3. The molecule has 0 saturated carbocycles. The fourth-order valence-corrected chi connectivity index (χ4v) is 4.36. The summed E-state index contributed by atoms with van der Waals surface area (Å²) >= 11 is 13.9. The Morgan fingerprint density at radius 2 is 2.00 bits per heavy atom. The summed E-state index contributed by atoms with van der Waals surface area (Å²) in [4.78, 5) is 17.6. The Bertz CT molecular complexity index is 744. The van der Waals surface area contributed by atoms with Crippen LogP contribution in [0.2, 0.25) is 9.36 Å². The third-order valence-corrected chi connectivity index (χ3v) is 5.81. The molecule has 1 aromatic heterocycles. The van der Waals surface area contributed by atoms with Gasteiger partial charge in [-0.25, -0.2) is 4.79 Å². The van der Waals surface area contributed by atoms with Crippen LogP contribution in [0.4, 0.5) is 16.2 Å². The fourth-order valence-electron chi connectivity index (χ4n) is 2.95. The normalized spacial score (nSPS) is 14.0. The van der Waals surface area contributed by atoms with Gasteiger partial charge in [0.15, 0.2) is 0 Å². The number of nitrogens with zero attached hydrogens (tertiary/aromatic N) is 2. The van der Waals surface area contributed by atoms with Crippen LogP contribution in [0.3, 0.4) is 0 Å². The molecule has 1 N–H and O–H groups in total. The van der Waals surface area contributed by atoms with Crippen LogP contribution in [0, 0.1) is 0 Å². The van der Waals surface area contributed by atoms with Crippen LogP contribution >= 0.6 is 34.5 Å². The molecule has 0 atom stereocenters. The molecule has 1 saturated heterocycles. The molecule has 25 heavy (non-hydrogen) atoms. The van der Waals surface area contributed by atoms with Crippen molar-refractivity contribution in [2.24, 2.45) is 0 Å². The zero-order chi connectivity index (χ0) is 17.8. The van der Waals surface area contributed by atoms with E-state index in [0.29, 0.717) is 23.8 Å². The monoisotopic (exact) mass is 397 g/mol. The second kappa shape index (κ2) is 8.30. The molecule has 0 bridgehead atoms. The Morgan fingerprint density at radius 3 is 2.60 bits per heavy atom. The number of carbonyl (C=O) groups excluding carboxylic acids is 1. The molecule has 2 heterocycles. The minimum absolute atomic E-state index is 0.142. The first-order chi connectivity index (χ1) is 12.1. The fraction of sp³-hybridized carbons (Fsp3) is 0.389. The number of thiophene rings is 1. The zero-order valence-corrected chi connectivity index (χ0v) is 16.4. The van der Waals surface area contributed by atoms with Crippen LogP contribution in [-0.2, 0) is 6.54 Å². The van der Waals surface area contributed by atoms with Crippen LogP contribution in [0.25, 0.3) is 0 Å². The smallest absolute Gasteiger partial charge is 0.322 e. The van der Waals surface area contributed by atoms with Gasteiger partial charge in [0.2, 0.25) is 0 Å². The second-order valence-corrected chi connectivity index (χ2v) is 8.22. The van der Waals surface area contributed by atoms with Crippen molar-refractivity contribution in [2.45, 2.75) is 26.3 Å². The summed E-state index contributed by atoms with van der Waals surface area (Å²) in [5.74, 6) is 0. The highest BCUT2D eigenvalue weighted by atomic mass is 35.5. The van der Waals surface area contributed by atoms with E-state index in [0.717, 1.165) is 28.0 Å². The number of halogens is 2. The van der Waals surface area contributed by atoms with Gasteiger partial charge in [0.05, 0.1) is 21.6 Å². The number of urea groups is 1. The largest absolute Gasteiger partial charge is 0.370 e. The van der Waals surface area contributed by atoms with Crippen molar-refractivity contribution in [3.63, 3.8) is 0 Å². The number of benzene rings is 1. The highest BCUT2D eigenvalue weighted by Crippen LogP contribution is 2.31. The number of anilines is 2. The topological polar surface area (TPSA) is 35.6 Å². The lowest BCUT2D eigenvalue weighted by Crippen LogP contribution is -2.34. The molecule has 1 fully saturated rings. The molecule has 0 radical (unpaired) electrons. The van der Waals surface area contributed by atoms with Gasteiger partial charge in [0.25, 0.3) is 0 Å². The van der Waals surface area contributed by atoms with E-state index in [1.54, 1.807) is 4.90 Å². The zero-order valence-electron chi connectivity index (χ0n) is 14.1. The lowest BCUT2D eigenvalue weighted by molar-refractivity contribution is 0.212. The first kappa shape index (κ1) is 18.4. The Balaban J connectivity index is 1.65. The van der Waals surface area contributed by atoms with Crippen LogP contribution in [-0.4, -0.2) is 30.6 Å². The lowest BCUT2D eigenvalue weighted by atomic mass is 10.2. The molecule has 1 aliphatic rings. The van der Waals surface area contributed by atoms with Gasteiger partial charge in [-0.1, -0.05) is 23.2 Å². The molecule has 134 valence electrons. The van der Waals surface area contributed by atoms with E-state index in [1.165, 1.54) is 24.2 Å². The summed E-state index contributed by atoms with van der Waals surface area (Å²) in [6.07, 6.45) is 2.40. The third kappa shape index (κ3) is 4.60. The average molecular weight is 398 g/mol. The molecule has 3 rings (SSSR count). The van der Waals surface area contributed by atoms with Gasteiger partial charge in [-0.05, 0) is 50.1 Å². The van der Waals surface area contributed by atoms with Crippen molar-refractivity contribution in [1.82, 2.24) is 4.90 Å². The molecular weight excluding hydrogens is 377 g/mol. The molecule has 1 aliphatic heterocycles. The maximum Gasteiger partial charge on any atom is 0.322 e. The minimum Gasteiger partial charge on any atom is -0.370 e. The highest BCUT2D eigenvalue weighted by Gasteiger charge is 2.17. The van der Waals surface area contributed by atoms with Gasteiger partial charge in [0, 0.05) is 30.2 Å². The molecule has 0 aliphatic carbocycles. The molecule has 2 amide bonds. The third-order valence-electron chi connectivity index (χ3n) is 4.29. The van der Waals surface area contributed by atoms with Crippen molar-refractivity contribution >= 4 is 51.9 Å². The van der Waals surface area contributed by atoms with E-state index in [-0.39, 0.29) is 6.03 Å². The van der Waals surface area contributed by atoms with Crippen molar-refractivity contribution in [3.05, 3.63) is 44.6 Å². The van der Waals surface area contributed by atoms with E-state index >= 15 is 0 Å². The molecule has 4 nitrogen and oxygen atoms in total. The van der Waals surface area contributed by atoms with Crippen LogP contribution in [0.5, 0.6) is 0 Å². The predicted octanol–water partition coefficient (Wildman–Crippen LogP) is 5.71. The molecule has 0 unspecified atom stereocenters. The molecule has 0 spiro atoms. The standard InChI is InChI=1S/C18H21Cl2N3OS/c1-2-22(12-14-6-8-17(20)25-14)18(24)21-13-5-7-16(15(19)11-13)23-9-3-4-10-23/h5-8,11H,2-4,9-10,12H2,1H3,(H,21,24). The Labute approximate surface area is 162 Å². The SMILES string of the molecule is CCN(Cc1ccc(Cl)s1)C(=O)Nc1ccc(N2CCCC2)c(Cl)c1. The molecular formula is C18H21Cl2N3OS. The maximum absolute atomic E-state index is 12.5. The van der Waals surface area contributed by atoms with E-state index < -0.39 is 0 Å². The lowest BCUT2D eigenvalue weighted by Gasteiger charge is -2.22. The van der Waals surface area contributed by atoms with Gasteiger partial charge in [0.1, 0.15) is 0 Å². The summed E-state index contributed by atoms with van der Waals surface area (Å²) in [6.45, 7) is 5.19. The number of rotatable bonds is 5. The summed E-state index contributed by atoms with van der Waals surface area (Å²) in [6, 6.07) is 9.38. The van der Waals surface area contributed by atoms with Gasteiger partial charge in [-0.2, -0.15) is 0 Å². The van der Waals surface area contributed by atoms with Crippen molar-refractivity contribution in [2.75, 3.05) is 29.9 Å². The first-order valence-corrected chi connectivity index (χ1v) is 9.98. The van der Waals surface area contributed by atoms with Crippen molar-refractivity contribution in [1.29, 1.82) is 0 Å². The molecule has 1 aromatic carbocycles. The molecule has 7 heteroatoms. The number of amides is 2. The Kier molecular flexibility index (Phi) is 6.10. The average Bonchev–Trinajstić information content (AvgIpc) is 3.24. The number of carbonyl (C=O) groups is 1. The Hall–Kier alpha value is -1.43. The van der Waals surface area contributed by atoms with Crippen LogP contribution in [0.15, 0.2) is 30.3 Å². The van der Waals surface area contributed by atoms with E-state index in [2.05, 4.69) is 10.2 Å². The summed E-state index contributed by atoms with van der Waals surface area (Å²) in [5, 5.41) is 3.61. The summed E-state index contributed by atoms with van der Waals surface area (Å²) < 4.78 is 0.732. The van der Waals surface area contributed by atoms with Gasteiger partial charge >= 0.3 is 6.03 Å². The quantitative estimate of drug-likeness (QED) is 0.700. The number of hydrogen-bond donors (Lipinski definition) is 1.